The quantitative estimate of drug-likeness (QED) is 0.202. The number of ether oxygens (including phenoxy) is 4. The number of carboxylic acids is 1. The van der Waals surface area contributed by atoms with Crippen LogP contribution in [0.25, 0.3) is 0 Å². The molecule has 19 atom stereocenters. The first kappa shape index (κ1) is 40.3. The van der Waals surface area contributed by atoms with Crippen molar-refractivity contribution >= 4 is 5.97 Å². The number of fused-ring (bicyclic) bond motifs is 7. The molecule has 2 heterocycles. The minimum atomic E-state index is -1.59. The van der Waals surface area contributed by atoms with Crippen molar-refractivity contribution in [2.45, 2.75) is 187 Å². The van der Waals surface area contributed by atoms with Crippen LogP contribution in [0, 0.1) is 56.2 Å². The monoisotopic (exact) mass is 752 g/mol. The van der Waals surface area contributed by atoms with Crippen LogP contribution in [0.5, 0.6) is 0 Å². The molecule has 12 heteroatoms. The standard InChI is InChI=1S/C41H68O12/c1-20-28(44)30(46)31(47)33(51-20)53-32-29(45)23(42)19-50-34(32)52-27-12-13-38(6)24(37(27,4)5)11-14-39(7)25(38)10-9-21-22-17-36(2,3)15-16-41(22,35(48)49)26(43)18-40(21,39)8/h20-34,42-47H,9-19H2,1-8H3,(H,48,49)/t20-,21+,22-,23-,24-,25+,26+,27+,28-,29-,30+,31+,32+,33-,34-,38-,39+,40+,41+/m0/s1. The van der Waals surface area contributed by atoms with Gasteiger partial charge in [-0.05, 0) is 122 Å². The summed E-state index contributed by atoms with van der Waals surface area (Å²) in [7, 11) is 0. The van der Waals surface area contributed by atoms with Gasteiger partial charge in [-0.15, -0.1) is 0 Å². The zero-order chi connectivity index (χ0) is 38.8. The molecule has 0 amide bonds. The molecule has 304 valence electrons. The third-order valence-electron chi connectivity index (χ3n) is 17.4. The van der Waals surface area contributed by atoms with Gasteiger partial charge in [0.2, 0.25) is 0 Å². The summed E-state index contributed by atoms with van der Waals surface area (Å²) in [5.41, 5.74) is -1.68. The predicted octanol–water partition coefficient (Wildman–Crippen LogP) is 3.60. The molecule has 0 aromatic carbocycles. The molecule has 7 rings (SSSR count). The number of hydrogen-bond acceptors (Lipinski definition) is 11. The second-order valence-corrected chi connectivity index (χ2v) is 20.7. The van der Waals surface area contributed by atoms with Crippen molar-refractivity contribution in [3.05, 3.63) is 0 Å². The molecule has 7 N–H and O–H groups in total. The number of aliphatic hydroxyl groups excluding tert-OH is 6. The van der Waals surface area contributed by atoms with Crippen LogP contribution in [0.3, 0.4) is 0 Å². The van der Waals surface area contributed by atoms with E-state index >= 15 is 0 Å². The molecule has 7 fully saturated rings. The topological polar surface area (TPSA) is 196 Å². The van der Waals surface area contributed by atoms with Gasteiger partial charge in [0.25, 0.3) is 0 Å². The Kier molecular flexibility index (Phi) is 10.1. The lowest BCUT2D eigenvalue weighted by Gasteiger charge is -2.74. The average molecular weight is 753 g/mol. The lowest BCUT2D eigenvalue weighted by Crippen LogP contribution is -2.70. The van der Waals surface area contributed by atoms with Crippen molar-refractivity contribution < 1.29 is 59.5 Å². The highest BCUT2D eigenvalue weighted by molar-refractivity contribution is 5.76. The molecule has 2 aliphatic heterocycles. The van der Waals surface area contributed by atoms with Crippen LogP contribution >= 0.6 is 0 Å². The van der Waals surface area contributed by atoms with Crippen LogP contribution in [-0.4, -0.2) is 116 Å². The fourth-order valence-corrected chi connectivity index (χ4v) is 14.2. The normalized spacial score (nSPS) is 56.2. The first-order valence-corrected chi connectivity index (χ1v) is 20.4. The molecular formula is C41H68O12. The number of carbonyl (C=O) groups is 1. The van der Waals surface area contributed by atoms with Crippen LogP contribution in [0.2, 0.25) is 0 Å². The zero-order valence-electron chi connectivity index (χ0n) is 33.1. The van der Waals surface area contributed by atoms with Crippen molar-refractivity contribution in [2.75, 3.05) is 6.61 Å². The highest BCUT2D eigenvalue weighted by Crippen LogP contribution is 2.77. The highest BCUT2D eigenvalue weighted by atomic mass is 16.8. The summed E-state index contributed by atoms with van der Waals surface area (Å²) in [5, 5.41) is 75.6. The Labute approximate surface area is 314 Å². The lowest BCUT2D eigenvalue weighted by atomic mass is 9.31. The molecule has 5 saturated carbocycles. The third kappa shape index (κ3) is 5.84. The molecule has 0 aromatic heterocycles. The largest absolute Gasteiger partial charge is 0.481 e. The molecule has 12 nitrogen and oxygen atoms in total. The van der Waals surface area contributed by atoms with Crippen molar-refractivity contribution in [3.8, 4) is 0 Å². The maximum Gasteiger partial charge on any atom is 0.312 e. The maximum absolute atomic E-state index is 13.1. The van der Waals surface area contributed by atoms with E-state index in [1.165, 1.54) is 0 Å². The van der Waals surface area contributed by atoms with Gasteiger partial charge in [0.1, 0.15) is 36.6 Å². The lowest BCUT2D eigenvalue weighted by molar-refractivity contribution is -0.365. The molecule has 0 radical (unpaired) electrons. The second-order valence-electron chi connectivity index (χ2n) is 20.7. The van der Waals surface area contributed by atoms with Gasteiger partial charge in [0.05, 0.1) is 30.3 Å². The summed E-state index contributed by atoms with van der Waals surface area (Å²) in [6, 6.07) is 0. The first-order chi connectivity index (χ1) is 24.5. The molecular weight excluding hydrogens is 684 g/mol. The number of rotatable bonds is 5. The molecule has 0 bridgehead atoms. The summed E-state index contributed by atoms with van der Waals surface area (Å²) in [6.07, 6.45) is -4.55. The molecule has 5 aliphatic carbocycles. The Morgan fingerprint density at radius 1 is 0.679 bits per heavy atom. The van der Waals surface area contributed by atoms with E-state index in [1.807, 2.05) is 0 Å². The Morgan fingerprint density at radius 3 is 2.06 bits per heavy atom. The third-order valence-corrected chi connectivity index (χ3v) is 17.4. The van der Waals surface area contributed by atoms with E-state index in [-0.39, 0.29) is 57.5 Å². The summed E-state index contributed by atoms with van der Waals surface area (Å²) < 4.78 is 24.4. The predicted molar refractivity (Wildman–Crippen MR) is 192 cm³/mol. The van der Waals surface area contributed by atoms with Crippen molar-refractivity contribution in [1.29, 1.82) is 0 Å². The van der Waals surface area contributed by atoms with E-state index < -0.39 is 72.8 Å². The van der Waals surface area contributed by atoms with Gasteiger partial charge in [-0.2, -0.15) is 0 Å². The molecule has 0 spiro atoms. The first-order valence-electron chi connectivity index (χ1n) is 20.4. The van der Waals surface area contributed by atoms with Crippen LogP contribution < -0.4 is 0 Å². The number of hydrogen-bond donors (Lipinski definition) is 7. The van der Waals surface area contributed by atoms with Crippen molar-refractivity contribution in [2.24, 2.45) is 56.2 Å². The SMILES string of the molecule is C[C@@H]1O[C@@H](O[C@H]2[C@H](O[C@@H]3CC[C@]4(C)[C@H]5CC[C@@H]6[C@@H]7CC(C)(C)CC[C@]7(C(=O)O)[C@H](O)C[C@@]6(C)[C@]5(C)CC[C@H]4C3(C)C)OC[C@H](O)[C@@H]2O)[C@H](O)[C@H](O)[C@H]1O. The van der Waals surface area contributed by atoms with Crippen LogP contribution in [0.15, 0.2) is 0 Å². The Morgan fingerprint density at radius 2 is 1.38 bits per heavy atom. The zero-order valence-corrected chi connectivity index (χ0v) is 33.1. The van der Waals surface area contributed by atoms with Gasteiger partial charge in [-0.25, -0.2) is 0 Å². The fourth-order valence-electron chi connectivity index (χ4n) is 14.2. The average Bonchev–Trinajstić information content (AvgIpc) is 3.06. The Hall–Kier alpha value is -0.930. The molecule has 0 aromatic rings. The van der Waals surface area contributed by atoms with Gasteiger partial charge in [-0.3, -0.25) is 4.79 Å². The number of carboxylic acid groups (broad SMARTS) is 1. The van der Waals surface area contributed by atoms with E-state index in [2.05, 4.69) is 48.5 Å². The van der Waals surface area contributed by atoms with Gasteiger partial charge in [0, 0.05) is 0 Å². The van der Waals surface area contributed by atoms with E-state index in [9.17, 15) is 40.5 Å². The summed E-state index contributed by atoms with van der Waals surface area (Å²) in [4.78, 5) is 13.1. The minimum Gasteiger partial charge on any atom is -0.481 e. The number of aliphatic hydroxyl groups is 6. The van der Waals surface area contributed by atoms with Gasteiger partial charge in [0.15, 0.2) is 12.6 Å². The molecule has 53 heavy (non-hydrogen) atoms. The van der Waals surface area contributed by atoms with Crippen LogP contribution in [-0.2, 0) is 23.7 Å². The minimum absolute atomic E-state index is 0.0331. The summed E-state index contributed by atoms with van der Waals surface area (Å²) >= 11 is 0. The number of aliphatic carboxylic acids is 1. The Bertz CT molecular complexity index is 1390. The van der Waals surface area contributed by atoms with Crippen molar-refractivity contribution in [3.63, 3.8) is 0 Å². The molecule has 2 saturated heterocycles. The van der Waals surface area contributed by atoms with E-state index in [4.69, 9.17) is 18.9 Å². The van der Waals surface area contributed by atoms with Gasteiger partial charge in [-0.1, -0.05) is 48.5 Å². The fraction of sp³-hybridized carbons (Fsp3) is 0.976. The van der Waals surface area contributed by atoms with Gasteiger partial charge >= 0.3 is 5.97 Å². The molecule has 7 aliphatic rings. The second kappa shape index (κ2) is 13.3. The van der Waals surface area contributed by atoms with E-state index in [0.717, 1.165) is 51.4 Å². The smallest absolute Gasteiger partial charge is 0.312 e. The summed E-state index contributed by atoms with van der Waals surface area (Å²) in [6.45, 7) is 17.7. The van der Waals surface area contributed by atoms with Gasteiger partial charge < -0.3 is 54.7 Å². The summed E-state index contributed by atoms with van der Waals surface area (Å²) in [5.74, 6) is 0.0192. The van der Waals surface area contributed by atoms with E-state index in [0.29, 0.717) is 18.8 Å². The maximum atomic E-state index is 13.1. The van der Waals surface area contributed by atoms with Crippen molar-refractivity contribution in [1.82, 2.24) is 0 Å². The van der Waals surface area contributed by atoms with E-state index in [1.54, 1.807) is 6.92 Å². The van der Waals surface area contributed by atoms with Crippen LogP contribution in [0.4, 0.5) is 0 Å². The highest BCUT2D eigenvalue weighted by Gasteiger charge is 2.73. The molecule has 0 unspecified atom stereocenters. The van der Waals surface area contributed by atoms with Crippen LogP contribution in [0.1, 0.15) is 120 Å². The Balaban J connectivity index is 1.12.